The summed E-state index contributed by atoms with van der Waals surface area (Å²) in [6, 6.07) is 10.7. The molecule has 2 aromatic carbocycles. The summed E-state index contributed by atoms with van der Waals surface area (Å²) in [6.45, 7) is 0. The number of halogens is 3. The van der Waals surface area contributed by atoms with Crippen molar-refractivity contribution in [1.29, 1.82) is 0 Å². The third-order valence-corrected chi connectivity index (χ3v) is 2.63. The van der Waals surface area contributed by atoms with Crippen molar-refractivity contribution >= 4 is 5.69 Å². The Kier molecular flexibility index (Phi) is 3.74. The number of hydrogen-bond donors (Lipinski definition) is 1. The number of rotatable bonds is 3. The van der Waals surface area contributed by atoms with Crippen molar-refractivity contribution < 1.29 is 22.6 Å². The van der Waals surface area contributed by atoms with Crippen molar-refractivity contribution in [2.24, 2.45) is 0 Å². The van der Waals surface area contributed by atoms with Gasteiger partial charge in [-0.05, 0) is 23.8 Å². The molecule has 3 nitrogen and oxygen atoms in total. The second kappa shape index (κ2) is 5.32. The van der Waals surface area contributed by atoms with E-state index in [4.69, 9.17) is 10.5 Å². The predicted octanol–water partition coefficient (Wildman–Crippen LogP) is 3.84. The fourth-order valence-electron chi connectivity index (χ4n) is 1.87. The summed E-state index contributed by atoms with van der Waals surface area (Å²) in [5, 5.41) is 0. The number of alkyl halides is 3. The molecule has 0 spiro atoms. The molecule has 6 heteroatoms. The monoisotopic (exact) mass is 283 g/mol. The van der Waals surface area contributed by atoms with Crippen LogP contribution in [-0.2, 0) is 0 Å². The van der Waals surface area contributed by atoms with Crippen LogP contribution in [0, 0.1) is 0 Å². The lowest BCUT2D eigenvalue weighted by Gasteiger charge is -2.13. The van der Waals surface area contributed by atoms with Gasteiger partial charge in [-0.3, -0.25) is 0 Å². The van der Waals surface area contributed by atoms with E-state index in [0.717, 1.165) is 0 Å². The maximum absolute atomic E-state index is 12.2. The highest BCUT2D eigenvalue weighted by Gasteiger charge is 2.31. The van der Waals surface area contributed by atoms with Crippen molar-refractivity contribution in [3.8, 4) is 22.6 Å². The van der Waals surface area contributed by atoms with Crippen LogP contribution in [0.4, 0.5) is 18.9 Å². The molecule has 0 amide bonds. The first-order chi connectivity index (χ1) is 9.40. The standard InChI is InChI=1S/C14H12F3NO2/c1-19-13-11(6-3-7-12(13)18)9-4-2-5-10(8-9)20-14(15,16)17/h2-8H,18H2,1H3. The van der Waals surface area contributed by atoms with Gasteiger partial charge >= 0.3 is 6.36 Å². The second-order valence-corrected chi connectivity index (χ2v) is 4.00. The van der Waals surface area contributed by atoms with Gasteiger partial charge < -0.3 is 15.2 Å². The van der Waals surface area contributed by atoms with Crippen LogP contribution in [0.15, 0.2) is 42.5 Å². The van der Waals surface area contributed by atoms with Gasteiger partial charge in [-0.15, -0.1) is 13.2 Å². The van der Waals surface area contributed by atoms with Crippen molar-refractivity contribution in [1.82, 2.24) is 0 Å². The molecule has 106 valence electrons. The minimum atomic E-state index is -4.72. The van der Waals surface area contributed by atoms with Crippen LogP contribution < -0.4 is 15.2 Å². The van der Waals surface area contributed by atoms with E-state index in [1.165, 1.54) is 25.3 Å². The number of para-hydroxylation sites is 1. The fraction of sp³-hybridized carbons (Fsp3) is 0.143. The third-order valence-electron chi connectivity index (χ3n) is 2.63. The quantitative estimate of drug-likeness (QED) is 0.870. The van der Waals surface area contributed by atoms with Crippen LogP contribution in [0.5, 0.6) is 11.5 Å². The highest BCUT2D eigenvalue weighted by Crippen LogP contribution is 2.36. The molecule has 0 aliphatic heterocycles. The molecule has 0 saturated heterocycles. The SMILES string of the molecule is COc1c(N)cccc1-c1cccc(OC(F)(F)F)c1. The Bertz CT molecular complexity index is 612. The summed E-state index contributed by atoms with van der Waals surface area (Å²) >= 11 is 0. The molecule has 0 atom stereocenters. The predicted molar refractivity (Wildman–Crippen MR) is 69.5 cm³/mol. The van der Waals surface area contributed by atoms with Crippen LogP contribution >= 0.6 is 0 Å². The van der Waals surface area contributed by atoms with Gasteiger partial charge in [0.05, 0.1) is 12.8 Å². The smallest absolute Gasteiger partial charge is 0.494 e. The minimum Gasteiger partial charge on any atom is -0.494 e. The Morgan fingerprint density at radius 2 is 1.75 bits per heavy atom. The molecule has 0 radical (unpaired) electrons. The van der Waals surface area contributed by atoms with Crippen molar-refractivity contribution in [3.05, 3.63) is 42.5 Å². The molecule has 0 unspecified atom stereocenters. The van der Waals surface area contributed by atoms with Crippen LogP contribution in [0.3, 0.4) is 0 Å². The zero-order valence-electron chi connectivity index (χ0n) is 10.6. The lowest BCUT2D eigenvalue weighted by molar-refractivity contribution is -0.274. The summed E-state index contributed by atoms with van der Waals surface area (Å²) in [5.41, 5.74) is 7.30. The molecule has 0 aliphatic rings. The van der Waals surface area contributed by atoms with Crippen molar-refractivity contribution in [3.63, 3.8) is 0 Å². The average Bonchev–Trinajstić information content (AvgIpc) is 2.36. The topological polar surface area (TPSA) is 44.5 Å². The van der Waals surface area contributed by atoms with E-state index in [9.17, 15) is 13.2 Å². The second-order valence-electron chi connectivity index (χ2n) is 4.00. The van der Waals surface area contributed by atoms with Gasteiger partial charge in [-0.25, -0.2) is 0 Å². The normalized spacial score (nSPS) is 11.2. The largest absolute Gasteiger partial charge is 0.573 e. The third kappa shape index (κ3) is 3.14. The van der Waals surface area contributed by atoms with Gasteiger partial charge in [0.1, 0.15) is 11.5 Å². The first kappa shape index (κ1) is 14.0. The van der Waals surface area contributed by atoms with Crippen LogP contribution in [0.2, 0.25) is 0 Å². The van der Waals surface area contributed by atoms with Gasteiger partial charge in [0.15, 0.2) is 0 Å². The van der Waals surface area contributed by atoms with Gasteiger partial charge in [-0.1, -0.05) is 24.3 Å². The Hall–Kier alpha value is -2.37. The number of anilines is 1. The fourth-order valence-corrected chi connectivity index (χ4v) is 1.87. The molecule has 0 bridgehead atoms. The van der Waals surface area contributed by atoms with Crippen molar-refractivity contribution in [2.75, 3.05) is 12.8 Å². The van der Waals surface area contributed by atoms with Gasteiger partial charge in [-0.2, -0.15) is 0 Å². The number of nitrogen functional groups attached to an aromatic ring is 1. The number of methoxy groups -OCH3 is 1. The Balaban J connectivity index is 2.44. The van der Waals surface area contributed by atoms with Gasteiger partial charge in [0.25, 0.3) is 0 Å². The number of nitrogens with two attached hydrogens (primary N) is 1. The molecule has 0 aliphatic carbocycles. The molecule has 2 rings (SSSR count). The first-order valence-corrected chi connectivity index (χ1v) is 5.69. The van der Waals surface area contributed by atoms with E-state index in [1.54, 1.807) is 24.3 Å². The van der Waals surface area contributed by atoms with E-state index in [0.29, 0.717) is 22.6 Å². The Labute approximate surface area is 113 Å². The summed E-state index contributed by atoms with van der Waals surface area (Å²) in [6.07, 6.45) is -4.72. The molecule has 0 fully saturated rings. The molecule has 0 aromatic heterocycles. The van der Waals surface area contributed by atoms with Gasteiger partial charge in [0, 0.05) is 5.56 Å². The summed E-state index contributed by atoms with van der Waals surface area (Å²) in [4.78, 5) is 0. The molecular formula is C14H12F3NO2. The van der Waals surface area contributed by atoms with Gasteiger partial charge in [0.2, 0.25) is 0 Å². The first-order valence-electron chi connectivity index (χ1n) is 5.69. The molecular weight excluding hydrogens is 271 g/mol. The number of benzene rings is 2. The van der Waals surface area contributed by atoms with E-state index in [1.807, 2.05) is 0 Å². The summed E-state index contributed by atoms with van der Waals surface area (Å²) in [7, 11) is 1.45. The Morgan fingerprint density at radius 3 is 2.40 bits per heavy atom. The van der Waals surface area contributed by atoms with Crippen LogP contribution in [0.25, 0.3) is 11.1 Å². The highest BCUT2D eigenvalue weighted by atomic mass is 19.4. The zero-order chi connectivity index (χ0) is 14.8. The van der Waals surface area contributed by atoms with Crippen LogP contribution in [-0.4, -0.2) is 13.5 Å². The number of ether oxygens (including phenoxy) is 2. The summed E-state index contributed by atoms with van der Waals surface area (Å²) in [5.74, 6) is 0.121. The number of hydrogen-bond acceptors (Lipinski definition) is 3. The molecule has 2 N–H and O–H groups in total. The molecule has 0 heterocycles. The lowest BCUT2D eigenvalue weighted by Crippen LogP contribution is -2.17. The maximum atomic E-state index is 12.2. The average molecular weight is 283 g/mol. The maximum Gasteiger partial charge on any atom is 0.573 e. The van der Waals surface area contributed by atoms with E-state index >= 15 is 0 Å². The zero-order valence-corrected chi connectivity index (χ0v) is 10.6. The molecule has 20 heavy (non-hydrogen) atoms. The van der Waals surface area contributed by atoms with Crippen molar-refractivity contribution in [2.45, 2.75) is 6.36 Å². The highest BCUT2D eigenvalue weighted by molar-refractivity contribution is 5.77. The lowest BCUT2D eigenvalue weighted by atomic mass is 10.0. The minimum absolute atomic E-state index is 0.292. The van der Waals surface area contributed by atoms with E-state index in [-0.39, 0.29) is 5.75 Å². The Morgan fingerprint density at radius 1 is 1.05 bits per heavy atom. The summed E-state index contributed by atoms with van der Waals surface area (Å²) < 4.78 is 45.7. The molecule has 2 aromatic rings. The molecule has 0 saturated carbocycles. The van der Waals surface area contributed by atoms with E-state index in [2.05, 4.69) is 4.74 Å². The van der Waals surface area contributed by atoms with E-state index < -0.39 is 6.36 Å². The van der Waals surface area contributed by atoms with Crippen LogP contribution in [0.1, 0.15) is 0 Å².